The highest BCUT2D eigenvalue weighted by Gasteiger charge is 2.34. The average Bonchev–Trinajstić information content (AvgIpc) is 2.80. The summed E-state index contributed by atoms with van der Waals surface area (Å²) in [7, 11) is 0. The fourth-order valence-electron chi connectivity index (χ4n) is 4.01. The van der Waals surface area contributed by atoms with E-state index in [4.69, 9.17) is 0 Å². The molecular formula is C25H30FN3O3. The second-order valence-corrected chi connectivity index (χ2v) is 8.25. The molecule has 0 unspecified atom stereocenters. The fourth-order valence-corrected chi connectivity index (χ4v) is 4.01. The number of benzene rings is 2. The molecule has 1 fully saturated rings. The van der Waals surface area contributed by atoms with Gasteiger partial charge in [0.1, 0.15) is 11.9 Å². The van der Waals surface area contributed by atoms with Crippen LogP contribution >= 0.6 is 0 Å². The van der Waals surface area contributed by atoms with Crippen molar-refractivity contribution in [2.75, 3.05) is 19.6 Å². The molecule has 0 aromatic heterocycles. The number of likely N-dealkylation sites (tertiary alicyclic amines) is 1. The van der Waals surface area contributed by atoms with Crippen molar-refractivity contribution in [2.24, 2.45) is 5.92 Å². The van der Waals surface area contributed by atoms with Crippen LogP contribution in [-0.2, 0) is 4.79 Å². The van der Waals surface area contributed by atoms with Gasteiger partial charge in [-0.25, -0.2) is 4.39 Å². The number of nitrogens with zero attached hydrogens (tertiary/aromatic N) is 1. The second-order valence-electron chi connectivity index (χ2n) is 8.25. The second kappa shape index (κ2) is 10.9. The maximum atomic E-state index is 13.5. The van der Waals surface area contributed by atoms with Crippen molar-refractivity contribution in [1.82, 2.24) is 15.5 Å². The van der Waals surface area contributed by atoms with E-state index in [1.54, 1.807) is 23.1 Å². The molecule has 0 bridgehead atoms. The number of amides is 3. The lowest BCUT2D eigenvalue weighted by molar-refractivity contribution is -0.124. The third-order valence-electron chi connectivity index (χ3n) is 5.77. The van der Waals surface area contributed by atoms with E-state index < -0.39 is 11.9 Å². The maximum Gasteiger partial charge on any atom is 0.253 e. The summed E-state index contributed by atoms with van der Waals surface area (Å²) in [5.41, 5.74) is 1.79. The number of carbonyl (C=O) groups is 3. The van der Waals surface area contributed by atoms with Gasteiger partial charge in [-0.1, -0.05) is 30.7 Å². The van der Waals surface area contributed by atoms with Gasteiger partial charge in [0.25, 0.3) is 11.8 Å². The van der Waals surface area contributed by atoms with Crippen LogP contribution in [0.15, 0.2) is 48.5 Å². The van der Waals surface area contributed by atoms with Gasteiger partial charge in [0.05, 0.1) is 0 Å². The van der Waals surface area contributed by atoms with Crippen molar-refractivity contribution in [3.05, 3.63) is 71.0 Å². The molecule has 0 aliphatic carbocycles. The van der Waals surface area contributed by atoms with Gasteiger partial charge in [0.15, 0.2) is 0 Å². The van der Waals surface area contributed by atoms with E-state index >= 15 is 0 Å². The van der Waals surface area contributed by atoms with Gasteiger partial charge < -0.3 is 15.5 Å². The standard InChI is InChI=1S/C25H30FN3O3/c1-3-12-27-24(31)22(28-23(30)19-7-4-6-17(2)15-19)18-10-13-29(14-11-18)25(32)20-8-5-9-21(26)16-20/h4-9,15-16,18,22H,3,10-14H2,1-2H3,(H,27,31)(H,28,30)/t22-/m1/s1. The van der Waals surface area contributed by atoms with Gasteiger partial charge in [-0.2, -0.15) is 0 Å². The van der Waals surface area contributed by atoms with Gasteiger partial charge in [-0.15, -0.1) is 0 Å². The third kappa shape index (κ3) is 5.93. The monoisotopic (exact) mass is 439 g/mol. The molecule has 1 aliphatic heterocycles. The third-order valence-corrected chi connectivity index (χ3v) is 5.77. The number of carbonyl (C=O) groups excluding carboxylic acids is 3. The number of hydrogen-bond donors (Lipinski definition) is 2. The van der Waals surface area contributed by atoms with Crippen LogP contribution in [0, 0.1) is 18.7 Å². The Morgan fingerprint density at radius 3 is 2.41 bits per heavy atom. The van der Waals surface area contributed by atoms with Gasteiger partial charge in [-0.05, 0) is 62.4 Å². The Morgan fingerprint density at radius 1 is 1.06 bits per heavy atom. The van der Waals surface area contributed by atoms with Crippen molar-refractivity contribution in [3.63, 3.8) is 0 Å². The zero-order valence-corrected chi connectivity index (χ0v) is 18.6. The molecule has 2 aromatic rings. The molecule has 1 saturated heterocycles. The first-order valence-corrected chi connectivity index (χ1v) is 11.1. The number of halogens is 1. The zero-order valence-electron chi connectivity index (χ0n) is 18.6. The molecule has 32 heavy (non-hydrogen) atoms. The van der Waals surface area contributed by atoms with E-state index in [0.717, 1.165) is 12.0 Å². The Labute approximate surface area is 188 Å². The van der Waals surface area contributed by atoms with Gasteiger partial charge >= 0.3 is 0 Å². The summed E-state index contributed by atoms with van der Waals surface area (Å²) in [5, 5.41) is 5.81. The van der Waals surface area contributed by atoms with Crippen LogP contribution in [0.3, 0.4) is 0 Å². The lowest BCUT2D eigenvalue weighted by atomic mass is 9.88. The number of nitrogens with one attached hydrogen (secondary N) is 2. The first-order valence-electron chi connectivity index (χ1n) is 11.1. The number of piperidine rings is 1. The number of hydrogen-bond acceptors (Lipinski definition) is 3. The van der Waals surface area contributed by atoms with Crippen molar-refractivity contribution in [1.29, 1.82) is 0 Å². The molecule has 0 radical (unpaired) electrons. The van der Waals surface area contributed by atoms with Crippen LogP contribution in [-0.4, -0.2) is 48.3 Å². The van der Waals surface area contributed by atoms with E-state index in [1.807, 2.05) is 26.0 Å². The first-order chi connectivity index (χ1) is 15.4. The van der Waals surface area contributed by atoms with Crippen LogP contribution in [0.25, 0.3) is 0 Å². The Balaban J connectivity index is 1.68. The molecular weight excluding hydrogens is 409 g/mol. The molecule has 6 nitrogen and oxygen atoms in total. The highest BCUT2D eigenvalue weighted by atomic mass is 19.1. The molecule has 2 aromatic carbocycles. The zero-order chi connectivity index (χ0) is 23.1. The topological polar surface area (TPSA) is 78.5 Å². The van der Waals surface area contributed by atoms with Crippen LogP contribution in [0.4, 0.5) is 4.39 Å². The van der Waals surface area contributed by atoms with Crippen LogP contribution in [0.2, 0.25) is 0 Å². The first kappa shape index (κ1) is 23.4. The maximum absolute atomic E-state index is 13.5. The molecule has 3 rings (SSSR count). The van der Waals surface area contributed by atoms with Gasteiger partial charge in [-0.3, -0.25) is 14.4 Å². The lowest BCUT2D eigenvalue weighted by Gasteiger charge is -2.36. The lowest BCUT2D eigenvalue weighted by Crippen LogP contribution is -2.54. The van der Waals surface area contributed by atoms with Crippen molar-refractivity contribution < 1.29 is 18.8 Å². The van der Waals surface area contributed by atoms with E-state index in [-0.39, 0.29) is 23.6 Å². The van der Waals surface area contributed by atoms with Crippen LogP contribution in [0.1, 0.15) is 52.5 Å². The van der Waals surface area contributed by atoms with E-state index in [9.17, 15) is 18.8 Å². The van der Waals surface area contributed by atoms with Gasteiger partial charge in [0, 0.05) is 30.8 Å². The summed E-state index contributed by atoms with van der Waals surface area (Å²) in [4.78, 5) is 40.1. The average molecular weight is 440 g/mol. The predicted molar refractivity (Wildman–Crippen MR) is 121 cm³/mol. The summed E-state index contributed by atoms with van der Waals surface area (Å²) < 4.78 is 13.5. The van der Waals surface area contributed by atoms with E-state index in [1.165, 1.54) is 18.2 Å². The Bertz CT molecular complexity index is 970. The molecule has 0 saturated carbocycles. The molecule has 1 atom stereocenters. The van der Waals surface area contributed by atoms with E-state index in [2.05, 4.69) is 10.6 Å². The highest BCUT2D eigenvalue weighted by molar-refractivity contribution is 5.98. The minimum Gasteiger partial charge on any atom is -0.354 e. The molecule has 1 aliphatic rings. The Kier molecular flexibility index (Phi) is 7.98. The quantitative estimate of drug-likeness (QED) is 0.695. The molecule has 7 heteroatoms. The largest absolute Gasteiger partial charge is 0.354 e. The Hall–Kier alpha value is -3.22. The summed E-state index contributed by atoms with van der Waals surface area (Å²) in [6.45, 7) is 5.30. The minimum absolute atomic E-state index is 0.0998. The normalized spacial score (nSPS) is 15.2. The molecule has 2 N–H and O–H groups in total. The SMILES string of the molecule is CCCNC(=O)[C@H](NC(=O)c1cccc(C)c1)C1CCN(C(=O)c2cccc(F)c2)CC1. The summed E-state index contributed by atoms with van der Waals surface area (Å²) in [6.07, 6.45) is 1.93. The number of aryl methyl sites for hydroxylation is 1. The highest BCUT2D eigenvalue weighted by Crippen LogP contribution is 2.23. The summed E-state index contributed by atoms with van der Waals surface area (Å²) >= 11 is 0. The van der Waals surface area contributed by atoms with Crippen molar-refractivity contribution in [3.8, 4) is 0 Å². The summed E-state index contributed by atoms with van der Waals surface area (Å²) in [6, 6.07) is 12.2. The predicted octanol–water partition coefficient (Wildman–Crippen LogP) is 3.31. The molecule has 1 heterocycles. The minimum atomic E-state index is -0.680. The van der Waals surface area contributed by atoms with Crippen LogP contribution in [0.5, 0.6) is 0 Å². The molecule has 3 amide bonds. The smallest absolute Gasteiger partial charge is 0.253 e. The summed E-state index contributed by atoms with van der Waals surface area (Å²) in [5.74, 6) is -1.26. The van der Waals surface area contributed by atoms with Crippen LogP contribution < -0.4 is 10.6 Å². The Morgan fingerprint density at radius 2 is 1.75 bits per heavy atom. The van der Waals surface area contributed by atoms with Gasteiger partial charge in [0.2, 0.25) is 5.91 Å². The van der Waals surface area contributed by atoms with E-state index in [0.29, 0.717) is 43.6 Å². The molecule has 0 spiro atoms. The number of rotatable bonds is 7. The fraction of sp³-hybridized carbons (Fsp3) is 0.400. The molecule has 170 valence electrons. The van der Waals surface area contributed by atoms with Crippen molar-refractivity contribution in [2.45, 2.75) is 39.2 Å². The van der Waals surface area contributed by atoms with Crippen molar-refractivity contribution >= 4 is 17.7 Å².